The van der Waals surface area contributed by atoms with Crippen LogP contribution >= 0.6 is 11.3 Å². The Kier molecular flexibility index (Phi) is 5.57. The summed E-state index contributed by atoms with van der Waals surface area (Å²) in [6.07, 6.45) is 1.66. The second-order valence-corrected chi connectivity index (χ2v) is 6.10. The quantitative estimate of drug-likeness (QED) is 0.649. The van der Waals surface area contributed by atoms with Crippen LogP contribution in [0.4, 0.5) is 0 Å². The van der Waals surface area contributed by atoms with Crippen molar-refractivity contribution in [2.75, 3.05) is 7.11 Å². The minimum Gasteiger partial charge on any atom is -0.465 e. The van der Waals surface area contributed by atoms with Crippen molar-refractivity contribution in [3.05, 3.63) is 52.0 Å². The molecule has 0 aliphatic heterocycles. The minimum absolute atomic E-state index is 0.282. The molecule has 0 fully saturated rings. The second-order valence-electron chi connectivity index (χ2n) is 4.14. The van der Waals surface area contributed by atoms with Gasteiger partial charge in [0.05, 0.1) is 19.2 Å². The van der Waals surface area contributed by atoms with E-state index in [0.717, 1.165) is 10.6 Å². The summed E-state index contributed by atoms with van der Waals surface area (Å²) in [6, 6.07) is 6.72. The number of ether oxygens (including phenoxy) is 1. The van der Waals surface area contributed by atoms with Crippen LogP contribution in [0, 0.1) is 0 Å². The lowest BCUT2D eigenvalue weighted by molar-refractivity contribution is 0.0600. The molecule has 1 aromatic carbocycles. The van der Waals surface area contributed by atoms with E-state index in [9.17, 15) is 13.6 Å². The Morgan fingerprint density at radius 3 is 2.62 bits per heavy atom. The molecule has 1 heterocycles. The van der Waals surface area contributed by atoms with Crippen molar-refractivity contribution >= 4 is 28.6 Å². The van der Waals surface area contributed by atoms with Crippen LogP contribution in [-0.4, -0.2) is 31.1 Å². The molecule has 8 heteroatoms. The summed E-state index contributed by atoms with van der Waals surface area (Å²) in [5.41, 5.74) is 1.26. The van der Waals surface area contributed by atoms with E-state index in [4.69, 9.17) is 0 Å². The van der Waals surface area contributed by atoms with E-state index >= 15 is 0 Å². The van der Waals surface area contributed by atoms with Crippen LogP contribution in [0.25, 0.3) is 0 Å². The molecule has 1 atom stereocenters. The summed E-state index contributed by atoms with van der Waals surface area (Å²) >= 11 is -0.667. The summed E-state index contributed by atoms with van der Waals surface area (Å²) in [4.78, 5) is 15.4. The zero-order valence-corrected chi connectivity index (χ0v) is 12.9. The number of carbonyl (C=O) groups excluding carboxylic acids is 1. The first-order valence-electron chi connectivity index (χ1n) is 6.01. The van der Waals surface area contributed by atoms with Gasteiger partial charge in [0, 0.05) is 18.1 Å². The van der Waals surface area contributed by atoms with E-state index in [0.29, 0.717) is 12.1 Å². The molecule has 1 aromatic heterocycles. The molecule has 0 spiro atoms. The second kappa shape index (κ2) is 7.41. The van der Waals surface area contributed by atoms with E-state index in [1.807, 2.05) is 5.38 Å². The molecule has 0 amide bonds. The van der Waals surface area contributed by atoms with E-state index in [2.05, 4.69) is 9.72 Å². The lowest BCUT2D eigenvalue weighted by atomic mass is 10.1. The van der Waals surface area contributed by atoms with E-state index in [-0.39, 0.29) is 6.54 Å². The van der Waals surface area contributed by atoms with Gasteiger partial charge in [0.1, 0.15) is 5.01 Å². The molecular formula is C13H14N2O4S2. The van der Waals surface area contributed by atoms with E-state index in [1.54, 1.807) is 30.5 Å². The number of thiazole rings is 1. The van der Waals surface area contributed by atoms with Gasteiger partial charge in [0.15, 0.2) is 0 Å². The van der Waals surface area contributed by atoms with Gasteiger partial charge < -0.3 is 4.74 Å². The molecule has 0 radical (unpaired) electrons. The fraction of sp³-hybridized carbons (Fsp3) is 0.231. The Morgan fingerprint density at radius 1 is 1.38 bits per heavy atom. The molecule has 1 unspecified atom stereocenters. The van der Waals surface area contributed by atoms with Crippen LogP contribution in [0.15, 0.2) is 35.8 Å². The summed E-state index contributed by atoms with van der Waals surface area (Å²) < 4.78 is 26.7. The molecule has 0 aliphatic carbocycles. The van der Waals surface area contributed by atoms with Gasteiger partial charge in [0.25, 0.3) is 0 Å². The molecule has 2 aromatic rings. The van der Waals surface area contributed by atoms with Crippen LogP contribution in [0.5, 0.6) is 0 Å². The zero-order valence-electron chi connectivity index (χ0n) is 11.3. The number of esters is 1. The smallest absolute Gasteiger partial charge is 0.337 e. The molecular weight excluding hydrogens is 312 g/mol. The SMILES string of the molecule is COC(=O)c1ccc(CN(Cc2nccs2)S(=O)O)cc1. The Morgan fingerprint density at radius 2 is 2.10 bits per heavy atom. The molecule has 1 N–H and O–H groups in total. The van der Waals surface area contributed by atoms with Crippen LogP contribution in [0.2, 0.25) is 0 Å². The zero-order chi connectivity index (χ0) is 15.2. The third-order valence-corrected chi connectivity index (χ3v) is 4.21. The average molecular weight is 326 g/mol. The summed E-state index contributed by atoms with van der Waals surface area (Å²) in [5.74, 6) is -0.410. The van der Waals surface area contributed by atoms with Gasteiger partial charge in [-0.05, 0) is 17.7 Å². The average Bonchev–Trinajstić information content (AvgIpc) is 2.99. The van der Waals surface area contributed by atoms with Crippen LogP contribution in [0.1, 0.15) is 20.9 Å². The minimum atomic E-state index is -2.10. The van der Waals surface area contributed by atoms with Crippen LogP contribution < -0.4 is 0 Å². The maximum atomic E-state index is 11.4. The number of aromatic nitrogens is 1. The number of methoxy groups -OCH3 is 1. The van der Waals surface area contributed by atoms with Gasteiger partial charge in [-0.15, -0.1) is 11.3 Å². The molecule has 2 rings (SSSR count). The Labute approximate surface area is 128 Å². The van der Waals surface area contributed by atoms with Gasteiger partial charge in [-0.3, -0.25) is 4.55 Å². The van der Waals surface area contributed by atoms with Crippen molar-refractivity contribution in [3.8, 4) is 0 Å². The fourth-order valence-electron chi connectivity index (χ4n) is 1.72. The monoisotopic (exact) mass is 326 g/mol. The maximum absolute atomic E-state index is 11.4. The molecule has 0 aliphatic rings. The summed E-state index contributed by atoms with van der Waals surface area (Å²) in [7, 11) is 1.32. The van der Waals surface area contributed by atoms with Crippen molar-refractivity contribution in [2.24, 2.45) is 0 Å². The Hall–Kier alpha value is -1.61. The van der Waals surface area contributed by atoms with Crippen molar-refractivity contribution in [1.29, 1.82) is 0 Å². The topological polar surface area (TPSA) is 79.7 Å². The Balaban J connectivity index is 2.06. The highest BCUT2D eigenvalue weighted by atomic mass is 32.2. The molecule has 6 nitrogen and oxygen atoms in total. The lowest BCUT2D eigenvalue weighted by Crippen LogP contribution is -2.24. The standard InChI is InChI=1S/C13H14N2O4S2/c1-19-13(16)11-4-2-10(3-5-11)8-15(21(17)18)9-12-14-6-7-20-12/h2-7H,8-9H2,1H3,(H,17,18). The van der Waals surface area contributed by atoms with E-state index < -0.39 is 17.2 Å². The largest absolute Gasteiger partial charge is 0.465 e. The predicted molar refractivity (Wildman–Crippen MR) is 79.9 cm³/mol. The molecule has 0 saturated carbocycles. The van der Waals surface area contributed by atoms with Crippen molar-refractivity contribution in [2.45, 2.75) is 13.1 Å². The number of hydrogen-bond donors (Lipinski definition) is 1. The first-order valence-corrected chi connectivity index (χ1v) is 7.96. The lowest BCUT2D eigenvalue weighted by Gasteiger charge is -2.16. The maximum Gasteiger partial charge on any atom is 0.337 e. The van der Waals surface area contributed by atoms with E-state index in [1.165, 1.54) is 22.8 Å². The summed E-state index contributed by atoms with van der Waals surface area (Å²) in [5, 5.41) is 2.59. The molecule has 112 valence electrons. The third kappa shape index (κ3) is 4.43. The molecule has 0 bridgehead atoms. The molecule has 0 saturated heterocycles. The number of rotatable bonds is 6. The Bertz CT molecular complexity index is 614. The first kappa shape index (κ1) is 15.8. The number of benzene rings is 1. The van der Waals surface area contributed by atoms with Crippen molar-refractivity contribution < 1.29 is 18.3 Å². The number of nitrogens with zero attached hydrogens (tertiary/aromatic N) is 2. The van der Waals surface area contributed by atoms with Gasteiger partial charge in [-0.1, -0.05) is 12.1 Å². The van der Waals surface area contributed by atoms with Crippen LogP contribution in [-0.2, 0) is 29.1 Å². The van der Waals surface area contributed by atoms with Crippen molar-refractivity contribution in [1.82, 2.24) is 9.29 Å². The number of hydrogen-bond acceptors (Lipinski definition) is 5. The first-order chi connectivity index (χ1) is 10.1. The van der Waals surface area contributed by atoms with Gasteiger partial charge >= 0.3 is 5.97 Å². The highest BCUT2D eigenvalue weighted by Gasteiger charge is 2.14. The third-order valence-electron chi connectivity index (χ3n) is 2.75. The summed E-state index contributed by atoms with van der Waals surface area (Å²) in [6.45, 7) is 0.573. The molecule has 21 heavy (non-hydrogen) atoms. The normalized spacial score (nSPS) is 12.3. The highest BCUT2D eigenvalue weighted by molar-refractivity contribution is 7.76. The number of carbonyl (C=O) groups is 1. The van der Waals surface area contributed by atoms with Gasteiger partial charge in [-0.2, -0.15) is 4.31 Å². The fourth-order valence-corrected chi connectivity index (χ4v) is 2.92. The highest BCUT2D eigenvalue weighted by Crippen LogP contribution is 2.14. The van der Waals surface area contributed by atoms with Gasteiger partial charge in [-0.25, -0.2) is 14.0 Å². The van der Waals surface area contributed by atoms with Crippen molar-refractivity contribution in [3.63, 3.8) is 0 Å². The van der Waals surface area contributed by atoms with Crippen LogP contribution in [0.3, 0.4) is 0 Å². The predicted octanol–water partition coefficient (Wildman–Crippen LogP) is 2.07. The van der Waals surface area contributed by atoms with Gasteiger partial charge in [0.2, 0.25) is 11.3 Å².